The van der Waals surface area contributed by atoms with Crippen LogP contribution in [-0.4, -0.2) is 15.5 Å². The van der Waals surface area contributed by atoms with E-state index in [9.17, 15) is 9.59 Å². The monoisotopic (exact) mass is 286 g/mol. The van der Waals surface area contributed by atoms with Gasteiger partial charge in [-0.2, -0.15) is 4.98 Å². The van der Waals surface area contributed by atoms with Crippen molar-refractivity contribution in [1.29, 1.82) is 0 Å². The molecule has 21 heavy (non-hydrogen) atoms. The molecule has 1 aromatic heterocycles. The number of aryl methyl sites for hydroxylation is 2. The summed E-state index contributed by atoms with van der Waals surface area (Å²) in [6.07, 6.45) is 0.204. The van der Waals surface area contributed by atoms with Crippen molar-refractivity contribution >= 4 is 17.3 Å². The van der Waals surface area contributed by atoms with Crippen LogP contribution in [0.1, 0.15) is 17.8 Å². The van der Waals surface area contributed by atoms with Gasteiger partial charge in [-0.3, -0.25) is 9.36 Å². The minimum absolute atomic E-state index is 0.161. The molecule has 0 atom stereocenters. The third-order valence-electron chi connectivity index (χ3n) is 3.10. The summed E-state index contributed by atoms with van der Waals surface area (Å²) in [6.45, 7) is 3.90. The first-order chi connectivity index (χ1) is 9.95. The summed E-state index contributed by atoms with van der Waals surface area (Å²) in [5.74, 6) is -0.161. The Morgan fingerprint density at radius 2 is 1.95 bits per heavy atom. The van der Waals surface area contributed by atoms with E-state index < -0.39 is 0 Å². The lowest BCUT2D eigenvalue weighted by atomic mass is 10.2. The smallest absolute Gasteiger partial charge is 0.347 e. The number of nitrogens with one attached hydrogen (secondary N) is 1. The molecule has 0 aliphatic carbocycles. The first kappa shape index (κ1) is 14.8. The fraction of sp³-hybridized carbons (Fsp3) is 0.267. The lowest BCUT2D eigenvalue weighted by molar-refractivity contribution is -0.116. The summed E-state index contributed by atoms with van der Waals surface area (Å²) in [7, 11) is 0. The fourth-order valence-electron chi connectivity index (χ4n) is 2.05. The molecule has 110 valence electrons. The predicted molar refractivity (Wildman–Crippen MR) is 82.1 cm³/mol. The second kappa shape index (κ2) is 6.21. The van der Waals surface area contributed by atoms with Crippen molar-refractivity contribution in [2.24, 2.45) is 0 Å². The number of hydrogen-bond acceptors (Lipinski definition) is 4. The van der Waals surface area contributed by atoms with Gasteiger partial charge >= 0.3 is 5.69 Å². The lowest BCUT2D eigenvalue weighted by Crippen LogP contribution is -2.27. The molecule has 6 nitrogen and oxygen atoms in total. The normalized spacial score (nSPS) is 10.4. The quantitative estimate of drug-likeness (QED) is 0.833. The molecule has 2 aromatic rings. The van der Waals surface area contributed by atoms with Gasteiger partial charge < -0.3 is 11.1 Å². The third kappa shape index (κ3) is 3.92. The van der Waals surface area contributed by atoms with Crippen molar-refractivity contribution in [2.45, 2.75) is 26.8 Å². The van der Waals surface area contributed by atoms with Crippen molar-refractivity contribution < 1.29 is 4.79 Å². The molecule has 1 heterocycles. The van der Waals surface area contributed by atoms with E-state index in [1.807, 2.05) is 13.0 Å². The van der Waals surface area contributed by atoms with Crippen molar-refractivity contribution in [3.8, 4) is 0 Å². The molecule has 0 radical (unpaired) electrons. The molecule has 6 heteroatoms. The Bertz CT molecular complexity index is 705. The van der Waals surface area contributed by atoms with E-state index in [0.717, 1.165) is 5.69 Å². The van der Waals surface area contributed by atoms with Crippen molar-refractivity contribution in [3.63, 3.8) is 0 Å². The van der Waals surface area contributed by atoms with Crippen LogP contribution in [0.5, 0.6) is 0 Å². The minimum Gasteiger partial charge on any atom is -0.399 e. The zero-order chi connectivity index (χ0) is 15.4. The van der Waals surface area contributed by atoms with E-state index in [2.05, 4.69) is 10.3 Å². The second-order valence-electron chi connectivity index (χ2n) is 4.89. The number of amides is 1. The van der Waals surface area contributed by atoms with Crippen LogP contribution in [0.2, 0.25) is 0 Å². The molecule has 0 spiro atoms. The average Bonchev–Trinajstić information content (AvgIpc) is 2.40. The number of nitrogen functional groups attached to an aromatic ring is 1. The first-order valence-corrected chi connectivity index (χ1v) is 6.66. The van der Waals surface area contributed by atoms with Crippen LogP contribution in [0.15, 0.2) is 35.1 Å². The van der Waals surface area contributed by atoms with Crippen LogP contribution >= 0.6 is 0 Å². The Balaban J connectivity index is 1.98. The van der Waals surface area contributed by atoms with Crippen LogP contribution in [0.25, 0.3) is 0 Å². The summed E-state index contributed by atoms with van der Waals surface area (Å²) < 4.78 is 1.50. The Kier molecular flexibility index (Phi) is 4.37. The first-order valence-electron chi connectivity index (χ1n) is 6.66. The molecule has 2 rings (SSSR count). The molecule has 1 aromatic carbocycles. The van der Waals surface area contributed by atoms with Gasteiger partial charge in [-0.25, -0.2) is 4.79 Å². The van der Waals surface area contributed by atoms with E-state index in [1.165, 1.54) is 4.57 Å². The summed E-state index contributed by atoms with van der Waals surface area (Å²) >= 11 is 0. The molecule has 0 fully saturated rings. The zero-order valence-electron chi connectivity index (χ0n) is 12.1. The maximum Gasteiger partial charge on any atom is 0.347 e. The van der Waals surface area contributed by atoms with E-state index >= 15 is 0 Å². The highest BCUT2D eigenvalue weighted by Gasteiger charge is 2.07. The lowest BCUT2D eigenvalue weighted by Gasteiger charge is -2.10. The molecular formula is C15H18N4O2. The van der Waals surface area contributed by atoms with Gasteiger partial charge in [0.1, 0.15) is 0 Å². The van der Waals surface area contributed by atoms with Crippen molar-refractivity contribution in [2.75, 3.05) is 11.1 Å². The highest BCUT2D eigenvalue weighted by atomic mass is 16.2. The number of nitrogens with two attached hydrogens (primary N) is 1. The summed E-state index contributed by atoms with van der Waals surface area (Å²) in [4.78, 5) is 27.5. The largest absolute Gasteiger partial charge is 0.399 e. The van der Waals surface area contributed by atoms with Gasteiger partial charge in [-0.15, -0.1) is 0 Å². The van der Waals surface area contributed by atoms with Gasteiger partial charge in [0.15, 0.2) is 0 Å². The van der Waals surface area contributed by atoms with E-state index in [4.69, 9.17) is 5.73 Å². The van der Waals surface area contributed by atoms with Gasteiger partial charge in [-0.05, 0) is 44.2 Å². The third-order valence-corrected chi connectivity index (χ3v) is 3.10. The number of nitrogens with zero attached hydrogens (tertiary/aromatic N) is 2. The van der Waals surface area contributed by atoms with Crippen molar-refractivity contribution in [1.82, 2.24) is 9.55 Å². The molecule has 0 bridgehead atoms. The summed E-state index contributed by atoms with van der Waals surface area (Å²) in [5, 5.41) is 2.76. The number of carbonyl (C=O) groups excluding carboxylic acids is 1. The van der Waals surface area contributed by atoms with Gasteiger partial charge in [0.2, 0.25) is 5.91 Å². The standard InChI is InChI=1S/C15H18N4O2/c1-10-9-11(2)19(15(21)17-10)8-7-14(20)18-13-5-3-12(16)4-6-13/h3-6,9H,7-8,16H2,1-2H3,(H,18,20). The number of benzene rings is 1. The predicted octanol–water partition coefficient (Wildman–Crippen LogP) is 1.47. The van der Waals surface area contributed by atoms with Crippen LogP contribution in [0, 0.1) is 13.8 Å². The van der Waals surface area contributed by atoms with Gasteiger partial charge in [0, 0.05) is 35.7 Å². The average molecular weight is 286 g/mol. The number of aromatic nitrogens is 2. The van der Waals surface area contributed by atoms with Gasteiger partial charge in [-0.1, -0.05) is 0 Å². The fourth-order valence-corrected chi connectivity index (χ4v) is 2.05. The Labute approximate surface area is 122 Å². The molecule has 0 saturated heterocycles. The zero-order valence-corrected chi connectivity index (χ0v) is 12.1. The molecular weight excluding hydrogens is 268 g/mol. The minimum atomic E-state index is -0.326. The number of anilines is 2. The van der Waals surface area contributed by atoms with E-state index in [1.54, 1.807) is 31.2 Å². The van der Waals surface area contributed by atoms with Crippen LogP contribution < -0.4 is 16.7 Å². The molecule has 3 N–H and O–H groups in total. The number of hydrogen-bond donors (Lipinski definition) is 2. The highest BCUT2D eigenvalue weighted by Crippen LogP contribution is 2.10. The van der Waals surface area contributed by atoms with E-state index in [-0.39, 0.29) is 18.0 Å². The molecule has 0 aliphatic rings. The van der Waals surface area contributed by atoms with Gasteiger partial charge in [0.05, 0.1) is 0 Å². The van der Waals surface area contributed by atoms with Gasteiger partial charge in [0.25, 0.3) is 0 Å². The number of rotatable bonds is 4. The summed E-state index contributed by atoms with van der Waals surface area (Å²) in [6, 6.07) is 8.72. The topological polar surface area (TPSA) is 90.0 Å². The number of carbonyl (C=O) groups is 1. The molecule has 1 amide bonds. The van der Waals surface area contributed by atoms with Crippen LogP contribution in [-0.2, 0) is 11.3 Å². The van der Waals surface area contributed by atoms with E-state index in [0.29, 0.717) is 23.6 Å². The van der Waals surface area contributed by atoms with Crippen molar-refractivity contribution in [3.05, 3.63) is 52.2 Å². The highest BCUT2D eigenvalue weighted by molar-refractivity contribution is 5.90. The molecule has 0 aliphatic heterocycles. The van der Waals surface area contributed by atoms with Crippen LogP contribution in [0.4, 0.5) is 11.4 Å². The Hall–Kier alpha value is -2.63. The molecule has 0 unspecified atom stereocenters. The maximum absolute atomic E-state index is 11.9. The second-order valence-corrected chi connectivity index (χ2v) is 4.89. The SMILES string of the molecule is Cc1cc(C)n(CCC(=O)Nc2ccc(N)cc2)c(=O)n1. The van der Waals surface area contributed by atoms with Crippen LogP contribution in [0.3, 0.4) is 0 Å². The summed E-state index contributed by atoms with van der Waals surface area (Å²) in [5.41, 5.74) is 8.05. The molecule has 0 saturated carbocycles. The maximum atomic E-state index is 11.9. The Morgan fingerprint density at radius 1 is 1.29 bits per heavy atom. The Morgan fingerprint density at radius 3 is 2.57 bits per heavy atom.